The Morgan fingerprint density at radius 2 is 1.85 bits per heavy atom. The highest BCUT2D eigenvalue weighted by Crippen LogP contribution is 2.27. The van der Waals surface area contributed by atoms with Crippen molar-refractivity contribution in [2.75, 3.05) is 12.4 Å². The molecule has 3 aromatic carbocycles. The molecule has 1 aromatic heterocycles. The highest BCUT2D eigenvalue weighted by atomic mass is 19.1. The summed E-state index contributed by atoms with van der Waals surface area (Å²) in [5.74, 6) is -0.216. The number of anilines is 1. The molecule has 0 bridgehead atoms. The van der Waals surface area contributed by atoms with Crippen LogP contribution in [0.4, 0.5) is 10.1 Å². The van der Waals surface area contributed by atoms with E-state index in [1.807, 2.05) is 54.6 Å². The van der Waals surface area contributed by atoms with E-state index in [1.165, 1.54) is 25.1 Å². The standard InChI is InChI=1S/C26H24FN3O3/c1-17(31)22-14-20(10-13-24(22)27)28-26(32)23-16-30(15-18-6-4-3-5-7-18)29-25(23)19-8-11-21(33-2)12-9-19/h3-14,16-17,31H,15H2,1-2H3,(H,28,32)/t17-/m0/s1. The van der Waals surface area contributed by atoms with Gasteiger partial charge < -0.3 is 15.2 Å². The van der Waals surface area contributed by atoms with Gasteiger partial charge in [0.05, 0.1) is 25.3 Å². The number of nitrogens with one attached hydrogen (secondary N) is 1. The van der Waals surface area contributed by atoms with Gasteiger partial charge in [0.2, 0.25) is 0 Å². The molecule has 6 nitrogen and oxygen atoms in total. The van der Waals surface area contributed by atoms with E-state index in [0.717, 1.165) is 11.1 Å². The smallest absolute Gasteiger partial charge is 0.259 e. The lowest BCUT2D eigenvalue weighted by Crippen LogP contribution is -2.13. The number of carbonyl (C=O) groups is 1. The maximum atomic E-state index is 13.9. The van der Waals surface area contributed by atoms with E-state index in [4.69, 9.17) is 4.74 Å². The van der Waals surface area contributed by atoms with Gasteiger partial charge in [-0.15, -0.1) is 0 Å². The summed E-state index contributed by atoms with van der Waals surface area (Å²) in [6, 6.07) is 21.2. The van der Waals surface area contributed by atoms with Crippen molar-refractivity contribution >= 4 is 11.6 Å². The Morgan fingerprint density at radius 3 is 2.52 bits per heavy atom. The number of halogens is 1. The van der Waals surface area contributed by atoms with E-state index in [0.29, 0.717) is 29.2 Å². The molecule has 0 unspecified atom stereocenters. The Hall–Kier alpha value is -3.97. The van der Waals surface area contributed by atoms with Crippen molar-refractivity contribution in [2.24, 2.45) is 0 Å². The second-order valence-corrected chi connectivity index (χ2v) is 7.67. The molecule has 0 saturated carbocycles. The van der Waals surface area contributed by atoms with E-state index >= 15 is 0 Å². The maximum absolute atomic E-state index is 13.9. The van der Waals surface area contributed by atoms with E-state index < -0.39 is 11.9 Å². The van der Waals surface area contributed by atoms with Gasteiger partial charge in [0.25, 0.3) is 5.91 Å². The van der Waals surface area contributed by atoms with E-state index in [2.05, 4.69) is 10.4 Å². The van der Waals surface area contributed by atoms with Crippen molar-refractivity contribution in [3.8, 4) is 17.0 Å². The molecule has 7 heteroatoms. The fourth-order valence-electron chi connectivity index (χ4n) is 3.54. The third-order valence-electron chi connectivity index (χ3n) is 5.26. The summed E-state index contributed by atoms with van der Waals surface area (Å²) in [5.41, 5.74) is 3.20. The Morgan fingerprint density at radius 1 is 1.12 bits per heavy atom. The molecule has 4 aromatic rings. The fraction of sp³-hybridized carbons (Fsp3) is 0.154. The van der Waals surface area contributed by atoms with Crippen LogP contribution in [-0.4, -0.2) is 27.9 Å². The van der Waals surface area contributed by atoms with Gasteiger partial charge in [-0.3, -0.25) is 9.48 Å². The third kappa shape index (κ3) is 5.10. The van der Waals surface area contributed by atoms with E-state index in [1.54, 1.807) is 18.0 Å². The Kier molecular flexibility index (Phi) is 6.51. The molecular formula is C26H24FN3O3. The first-order chi connectivity index (χ1) is 15.9. The number of hydrogen-bond acceptors (Lipinski definition) is 4. The number of nitrogens with zero attached hydrogens (tertiary/aromatic N) is 2. The minimum atomic E-state index is -0.995. The van der Waals surface area contributed by atoms with Crippen LogP contribution >= 0.6 is 0 Å². The molecule has 0 radical (unpaired) electrons. The van der Waals surface area contributed by atoms with Crippen LogP contribution in [0, 0.1) is 5.82 Å². The zero-order valence-electron chi connectivity index (χ0n) is 18.3. The molecule has 0 spiro atoms. The number of amides is 1. The number of carbonyl (C=O) groups excluding carboxylic acids is 1. The van der Waals surface area contributed by atoms with Gasteiger partial charge in [0, 0.05) is 23.0 Å². The van der Waals surface area contributed by atoms with E-state index in [9.17, 15) is 14.3 Å². The van der Waals surface area contributed by atoms with Crippen molar-refractivity contribution in [3.63, 3.8) is 0 Å². The molecule has 1 heterocycles. The van der Waals surface area contributed by atoms with Gasteiger partial charge in [-0.05, 0) is 55.0 Å². The quantitative estimate of drug-likeness (QED) is 0.417. The van der Waals surface area contributed by atoms with Crippen LogP contribution in [0.3, 0.4) is 0 Å². The first-order valence-corrected chi connectivity index (χ1v) is 10.5. The van der Waals surface area contributed by atoms with Gasteiger partial charge in [-0.2, -0.15) is 5.10 Å². The lowest BCUT2D eigenvalue weighted by atomic mass is 10.1. The fourth-order valence-corrected chi connectivity index (χ4v) is 3.54. The average Bonchev–Trinajstić information content (AvgIpc) is 3.24. The monoisotopic (exact) mass is 445 g/mol. The Labute approximate surface area is 191 Å². The summed E-state index contributed by atoms with van der Waals surface area (Å²) in [5, 5.41) is 17.2. The highest BCUT2D eigenvalue weighted by molar-refractivity contribution is 6.08. The highest BCUT2D eigenvalue weighted by Gasteiger charge is 2.19. The Bertz CT molecular complexity index is 1250. The summed E-state index contributed by atoms with van der Waals surface area (Å²) in [6.45, 7) is 1.97. The molecule has 4 rings (SSSR count). The molecule has 0 saturated heterocycles. The van der Waals surface area contributed by atoms with E-state index in [-0.39, 0.29) is 11.5 Å². The van der Waals surface area contributed by atoms with Crippen molar-refractivity contribution in [1.82, 2.24) is 9.78 Å². The summed E-state index contributed by atoms with van der Waals surface area (Å²) in [6.07, 6.45) is 0.700. The lowest BCUT2D eigenvalue weighted by molar-refractivity contribution is 0.102. The topological polar surface area (TPSA) is 76.4 Å². The summed E-state index contributed by atoms with van der Waals surface area (Å²) in [7, 11) is 1.59. The molecule has 168 valence electrons. The van der Waals surface area contributed by atoms with Crippen molar-refractivity contribution in [1.29, 1.82) is 0 Å². The number of ether oxygens (including phenoxy) is 1. The second kappa shape index (κ2) is 9.67. The summed E-state index contributed by atoms with van der Waals surface area (Å²) in [4.78, 5) is 13.2. The first kappa shape index (κ1) is 22.2. The van der Waals surface area contributed by atoms with Crippen molar-refractivity contribution in [3.05, 3.63) is 102 Å². The van der Waals surface area contributed by atoms with Gasteiger partial charge in [-0.25, -0.2) is 4.39 Å². The third-order valence-corrected chi connectivity index (χ3v) is 5.26. The predicted octanol–water partition coefficient (Wildman–Crippen LogP) is 5.05. The normalized spacial score (nSPS) is 11.8. The number of aromatic nitrogens is 2. The SMILES string of the molecule is COc1ccc(-c2nn(Cc3ccccc3)cc2C(=O)Nc2ccc(F)c([C@H](C)O)c2)cc1. The van der Waals surface area contributed by atoms with Crippen LogP contribution in [0.1, 0.15) is 34.5 Å². The summed E-state index contributed by atoms with van der Waals surface area (Å²) < 4.78 is 20.9. The van der Waals surface area contributed by atoms with Crippen LogP contribution in [-0.2, 0) is 6.54 Å². The zero-order chi connectivity index (χ0) is 23.4. The van der Waals surface area contributed by atoms with Gasteiger partial charge >= 0.3 is 0 Å². The van der Waals surface area contributed by atoms with Gasteiger partial charge in [0.15, 0.2) is 0 Å². The molecule has 0 aliphatic carbocycles. The van der Waals surface area contributed by atoms with Crippen LogP contribution in [0.25, 0.3) is 11.3 Å². The van der Waals surface area contributed by atoms with Crippen LogP contribution < -0.4 is 10.1 Å². The molecule has 2 N–H and O–H groups in total. The Balaban J connectivity index is 1.68. The predicted molar refractivity (Wildman–Crippen MR) is 125 cm³/mol. The van der Waals surface area contributed by atoms with Crippen molar-refractivity contribution < 1.29 is 19.0 Å². The second-order valence-electron chi connectivity index (χ2n) is 7.67. The number of benzene rings is 3. The van der Waals surface area contributed by atoms with Crippen LogP contribution in [0.5, 0.6) is 5.75 Å². The number of aliphatic hydroxyl groups excluding tert-OH is 1. The van der Waals surface area contributed by atoms with Gasteiger partial charge in [0.1, 0.15) is 17.3 Å². The largest absolute Gasteiger partial charge is 0.497 e. The maximum Gasteiger partial charge on any atom is 0.259 e. The number of hydrogen-bond donors (Lipinski definition) is 2. The molecular weight excluding hydrogens is 421 g/mol. The van der Waals surface area contributed by atoms with Crippen molar-refractivity contribution in [2.45, 2.75) is 19.6 Å². The molecule has 0 fully saturated rings. The lowest BCUT2D eigenvalue weighted by Gasteiger charge is -2.10. The minimum absolute atomic E-state index is 0.114. The van der Waals surface area contributed by atoms with Crippen LogP contribution in [0.15, 0.2) is 79.0 Å². The number of methoxy groups -OCH3 is 1. The van der Waals surface area contributed by atoms with Gasteiger partial charge in [-0.1, -0.05) is 30.3 Å². The average molecular weight is 445 g/mol. The number of rotatable bonds is 7. The number of aliphatic hydroxyl groups is 1. The molecule has 0 aliphatic heterocycles. The molecule has 1 atom stereocenters. The van der Waals surface area contributed by atoms with Crippen LogP contribution in [0.2, 0.25) is 0 Å². The summed E-state index contributed by atoms with van der Waals surface area (Å²) >= 11 is 0. The minimum Gasteiger partial charge on any atom is -0.497 e. The first-order valence-electron chi connectivity index (χ1n) is 10.5. The molecule has 0 aliphatic rings. The zero-order valence-corrected chi connectivity index (χ0v) is 18.3. The molecule has 33 heavy (non-hydrogen) atoms. The molecule has 1 amide bonds.